The minimum atomic E-state index is -0.790. The van der Waals surface area contributed by atoms with E-state index in [1.54, 1.807) is 0 Å². The van der Waals surface area contributed by atoms with E-state index in [0.717, 1.165) is 96.3 Å². The molecule has 6 heteroatoms. The molecule has 0 aromatic rings. The summed E-state index contributed by atoms with van der Waals surface area (Å²) in [5.74, 6) is -0.892. The molecule has 0 amide bonds. The Kier molecular flexibility index (Phi) is 63.2. The van der Waals surface area contributed by atoms with Gasteiger partial charge in [-0.3, -0.25) is 14.4 Å². The molecule has 0 aliphatic carbocycles. The van der Waals surface area contributed by atoms with Crippen LogP contribution in [0.25, 0.3) is 0 Å². The van der Waals surface area contributed by atoms with Crippen LogP contribution < -0.4 is 0 Å². The molecule has 1 unspecified atom stereocenters. The van der Waals surface area contributed by atoms with Gasteiger partial charge < -0.3 is 14.2 Å². The van der Waals surface area contributed by atoms with E-state index in [0.29, 0.717) is 19.3 Å². The second-order valence-corrected chi connectivity index (χ2v) is 22.7. The summed E-state index contributed by atoms with van der Waals surface area (Å²) in [5.41, 5.74) is 0. The summed E-state index contributed by atoms with van der Waals surface area (Å²) in [6.07, 6.45) is 83.9. The van der Waals surface area contributed by atoms with Crippen molar-refractivity contribution in [3.8, 4) is 0 Å². The van der Waals surface area contributed by atoms with Crippen molar-refractivity contribution in [2.75, 3.05) is 13.2 Å². The maximum atomic E-state index is 12.9. The minimum absolute atomic E-state index is 0.0830. The summed E-state index contributed by atoms with van der Waals surface area (Å²) in [4.78, 5) is 38.4. The number of hydrogen-bond donors (Lipinski definition) is 0. The molecule has 0 aliphatic heterocycles. The van der Waals surface area contributed by atoms with Gasteiger partial charge in [-0.1, -0.05) is 332 Å². The first-order valence-electron chi connectivity index (χ1n) is 33.8. The number of unbranched alkanes of at least 4 members (excludes halogenated alkanes) is 41. The Morgan fingerprint density at radius 1 is 0.273 bits per heavy atom. The van der Waals surface area contributed by atoms with E-state index >= 15 is 0 Å². The summed E-state index contributed by atoms with van der Waals surface area (Å²) in [5, 5.41) is 0. The van der Waals surface area contributed by atoms with Crippen molar-refractivity contribution in [3.05, 3.63) is 60.8 Å². The SMILES string of the molecule is CC/C=C\C/C=C\C/C=C\C/C=C\C/C=C\CCCCCC(=O)OC(COC(=O)CCCCCCCCCCCCCCCCC)COC(=O)CCCCCCCCCCCCCCCCCCCCCCCCCCC. The van der Waals surface area contributed by atoms with Crippen LogP contribution in [-0.2, 0) is 28.6 Å². The van der Waals surface area contributed by atoms with Crippen molar-refractivity contribution >= 4 is 17.9 Å². The number of ether oxygens (including phenoxy) is 3. The molecule has 0 aliphatic rings. The highest BCUT2D eigenvalue weighted by molar-refractivity contribution is 5.71. The molecule has 448 valence electrons. The fraction of sp³-hybridized carbons (Fsp3) is 0.817. The molecule has 1 atom stereocenters. The van der Waals surface area contributed by atoms with E-state index in [2.05, 4.69) is 81.5 Å². The van der Waals surface area contributed by atoms with Gasteiger partial charge in [-0.05, 0) is 64.2 Å². The number of allylic oxidation sites excluding steroid dienone is 10. The Hall–Kier alpha value is -2.89. The lowest BCUT2D eigenvalue weighted by Gasteiger charge is -2.18. The Morgan fingerprint density at radius 2 is 0.506 bits per heavy atom. The van der Waals surface area contributed by atoms with E-state index in [4.69, 9.17) is 14.2 Å². The summed E-state index contributed by atoms with van der Waals surface area (Å²) in [6.45, 7) is 6.56. The van der Waals surface area contributed by atoms with Gasteiger partial charge in [0.05, 0.1) is 0 Å². The summed E-state index contributed by atoms with van der Waals surface area (Å²) >= 11 is 0. The molecular formula is C71H128O6. The number of carbonyl (C=O) groups excluding carboxylic acids is 3. The topological polar surface area (TPSA) is 78.9 Å². The molecule has 77 heavy (non-hydrogen) atoms. The lowest BCUT2D eigenvalue weighted by molar-refractivity contribution is -0.167. The predicted octanol–water partition coefficient (Wildman–Crippen LogP) is 23.1. The zero-order valence-corrected chi connectivity index (χ0v) is 51.5. The van der Waals surface area contributed by atoms with Crippen LogP contribution in [-0.4, -0.2) is 37.2 Å². The van der Waals surface area contributed by atoms with Crippen molar-refractivity contribution in [2.45, 2.75) is 361 Å². The quantitative estimate of drug-likeness (QED) is 0.0261. The molecule has 0 rings (SSSR count). The third-order valence-corrected chi connectivity index (χ3v) is 15.0. The van der Waals surface area contributed by atoms with Crippen LogP contribution >= 0.6 is 0 Å². The molecule has 0 saturated carbocycles. The molecule has 0 aromatic carbocycles. The molecule has 0 radical (unpaired) electrons. The highest BCUT2D eigenvalue weighted by atomic mass is 16.6. The largest absolute Gasteiger partial charge is 0.462 e. The second kappa shape index (κ2) is 65.6. The van der Waals surface area contributed by atoms with Gasteiger partial charge in [-0.2, -0.15) is 0 Å². The average Bonchev–Trinajstić information content (AvgIpc) is 3.43. The summed E-state index contributed by atoms with van der Waals surface area (Å²) in [7, 11) is 0. The molecular weight excluding hydrogens is 949 g/mol. The number of carbonyl (C=O) groups is 3. The molecule has 0 heterocycles. The van der Waals surface area contributed by atoms with Crippen molar-refractivity contribution in [1.29, 1.82) is 0 Å². The van der Waals surface area contributed by atoms with Gasteiger partial charge in [0.2, 0.25) is 0 Å². The van der Waals surface area contributed by atoms with Gasteiger partial charge in [0.1, 0.15) is 13.2 Å². The maximum Gasteiger partial charge on any atom is 0.306 e. The van der Waals surface area contributed by atoms with E-state index in [9.17, 15) is 14.4 Å². The van der Waals surface area contributed by atoms with Crippen LogP contribution in [0.1, 0.15) is 355 Å². The van der Waals surface area contributed by atoms with Gasteiger partial charge in [-0.15, -0.1) is 0 Å². The Labute approximate surface area is 479 Å². The third-order valence-electron chi connectivity index (χ3n) is 15.0. The molecule has 0 spiro atoms. The molecule has 0 aromatic heterocycles. The van der Waals surface area contributed by atoms with E-state index in [-0.39, 0.29) is 31.1 Å². The molecule has 6 nitrogen and oxygen atoms in total. The number of hydrogen-bond acceptors (Lipinski definition) is 6. The standard InChI is InChI=1S/C71H128O6/c1-4-7-10-13-16-19-22-25-28-30-32-33-34-35-36-37-39-40-43-46-49-52-55-58-61-64-70(73)76-67-68(66-75-69(72)63-60-57-54-51-48-45-42-27-24-21-18-15-12-9-6-3)77-71(74)65-62-59-56-53-50-47-44-41-38-31-29-26-23-20-17-14-11-8-5-2/h8,11,17,20,26,29,38,41,47,50,68H,4-7,9-10,12-16,18-19,21-25,27-28,30-37,39-40,42-46,48-49,51-67H2,1-3H3/b11-8-,20-17-,29-26-,41-38-,50-47-. The van der Waals surface area contributed by atoms with Crippen LogP contribution in [0.4, 0.5) is 0 Å². The molecule has 0 N–H and O–H groups in total. The Balaban J connectivity index is 4.31. The summed E-state index contributed by atoms with van der Waals surface area (Å²) < 4.78 is 16.9. The molecule has 0 bridgehead atoms. The fourth-order valence-electron chi connectivity index (χ4n) is 10.0. The smallest absolute Gasteiger partial charge is 0.306 e. The van der Waals surface area contributed by atoms with Crippen molar-refractivity contribution < 1.29 is 28.6 Å². The average molecular weight is 1080 g/mol. The van der Waals surface area contributed by atoms with Gasteiger partial charge >= 0.3 is 17.9 Å². The Bertz CT molecular complexity index is 1380. The predicted molar refractivity (Wildman–Crippen MR) is 335 cm³/mol. The van der Waals surface area contributed by atoms with Gasteiger partial charge in [0.15, 0.2) is 6.10 Å². The minimum Gasteiger partial charge on any atom is -0.462 e. The lowest BCUT2D eigenvalue weighted by Crippen LogP contribution is -2.30. The first-order valence-corrected chi connectivity index (χ1v) is 33.8. The van der Waals surface area contributed by atoms with Gasteiger partial charge in [0, 0.05) is 19.3 Å². The van der Waals surface area contributed by atoms with Crippen LogP contribution in [0.2, 0.25) is 0 Å². The van der Waals surface area contributed by atoms with E-state index in [1.165, 1.54) is 218 Å². The lowest BCUT2D eigenvalue weighted by atomic mass is 10.0. The highest BCUT2D eigenvalue weighted by Crippen LogP contribution is 2.18. The van der Waals surface area contributed by atoms with E-state index in [1.807, 2.05) is 0 Å². The fourth-order valence-corrected chi connectivity index (χ4v) is 10.0. The molecule has 0 saturated heterocycles. The normalized spacial score (nSPS) is 12.4. The Morgan fingerprint density at radius 3 is 0.792 bits per heavy atom. The number of rotatable bonds is 62. The van der Waals surface area contributed by atoms with Gasteiger partial charge in [-0.25, -0.2) is 0 Å². The number of esters is 3. The van der Waals surface area contributed by atoms with E-state index < -0.39 is 6.10 Å². The first kappa shape index (κ1) is 74.1. The zero-order valence-electron chi connectivity index (χ0n) is 51.5. The van der Waals surface area contributed by atoms with Crippen molar-refractivity contribution in [1.82, 2.24) is 0 Å². The van der Waals surface area contributed by atoms with Crippen LogP contribution in [0.15, 0.2) is 60.8 Å². The maximum absolute atomic E-state index is 12.9. The summed E-state index contributed by atoms with van der Waals surface area (Å²) in [6, 6.07) is 0. The van der Waals surface area contributed by atoms with Crippen molar-refractivity contribution in [3.63, 3.8) is 0 Å². The van der Waals surface area contributed by atoms with Crippen LogP contribution in [0.5, 0.6) is 0 Å². The van der Waals surface area contributed by atoms with Crippen LogP contribution in [0.3, 0.4) is 0 Å². The molecule has 0 fully saturated rings. The van der Waals surface area contributed by atoms with Crippen molar-refractivity contribution in [2.24, 2.45) is 0 Å². The first-order chi connectivity index (χ1) is 38.0. The second-order valence-electron chi connectivity index (χ2n) is 22.7. The monoisotopic (exact) mass is 1080 g/mol. The zero-order chi connectivity index (χ0) is 55.7. The van der Waals surface area contributed by atoms with Gasteiger partial charge in [0.25, 0.3) is 0 Å². The third kappa shape index (κ3) is 63.8. The van der Waals surface area contributed by atoms with Crippen LogP contribution in [0, 0.1) is 0 Å². The highest BCUT2D eigenvalue weighted by Gasteiger charge is 2.19.